The molecule has 55 nitrogen and oxygen atoms in total. The molecule has 0 aliphatic carbocycles. The lowest BCUT2D eigenvalue weighted by Crippen LogP contribution is -2.70. The third-order valence-electron chi connectivity index (χ3n) is 13.9. The Balaban J connectivity index is 1.73. The molecule has 5 aliphatic heterocycles. The zero-order chi connectivity index (χ0) is 77.6. The van der Waals surface area contributed by atoms with E-state index in [1.807, 2.05) is 0 Å². The molecule has 12 N–H and O–H groups in total. The second-order valence-corrected chi connectivity index (χ2v) is 30.2. The van der Waals surface area contributed by atoms with Gasteiger partial charge in [0.1, 0.15) is 85.5 Å². The summed E-state index contributed by atoms with van der Waals surface area (Å²) in [5.41, 5.74) is 0. The second-order valence-electron chi connectivity index (χ2n) is 20.6. The smallest absolute Gasteiger partial charge is 0.397 e. The maximum absolute atomic E-state index is 13.5. The van der Waals surface area contributed by atoms with Crippen molar-refractivity contribution < 1.29 is 246 Å². The van der Waals surface area contributed by atoms with Crippen molar-refractivity contribution in [1.82, 2.24) is 0 Å². The van der Waals surface area contributed by atoms with Crippen LogP contribution in [0.4, 0.5) is 0 Å². The topological polar surface area (TPSA) is 796 Å². The highest BCUT2D eigenvalue weighted by Crippen LogP contribution is 2.42. The highest BCUT2D eigenvalue weighted by molar-refractivity contribution is 7.82. The van der Waals surface area contributed by atoms with Crippen LogP contribution >= 0.6 is 0 Å². The van der Waals surface area contributed by atoms with E-state index in [0.29, 0.717) is 7.11 Å². The Bertz CT molecular complexity index is 3890. The molecule has 0 radical (unpaired) electrons. The van der Waals surface area contributed by atoms with Crippen LogP contribution in [0.3, 0.4) is 0 Å². The minimum absolute atomic E-state index is 0.00766. The number of hydrogen-bond acceptors (Lipinski definition) is 44. The molecule has 0 aromatic heterocycles. The lowest BCUT2D eigenvalue weighted by molar-refractivity contribution is -0.386. The molecule has 5 heterocycles. The van der Waals surface area contributed by atoms with Gasteiger partial charge in [0.05, 0.1) is 19.8 Å². The zero-order valence-corrected chi connectivity index (χ0v) is 58.6. The Hall–Kier alpha value is -2.83. The first-order valence-corrected chi connectivity index (χ1v) is 39.3. The van der Waals surface area contributed by atoms with Gasteiger partial charge in [0.25, 0.3) is 0 Å². The molecular formula is C38H64O55S9. The first kappa shape index (κ1) is 89.8. The summed E-state index contributed by atoms with van der Waals surface area (Å²) >= 11 is 0. The molecule has 102 heavy (non-hydrogen) atoms. The van der Waals surface area contributed by atoms with E-state index in [-0.39, 0.29) is 12.8 Å². The molecule has 64 heteroatoms. The third kappa shape index (κ3) is 27.1. The van der Waals surface area contributed by atoms with Gasteiger partial charge in [0.2, 0.25) is 0 Å². The quantitative estimate of drug-likeness (QED) is 0.0201. The van der Waals surface area contributed by atoms with E-state index in [0.717, 1.165) is 21.3 Å². The summed E-state index contributed by atoms with van der Waals surface area (Å²) in [7, 11) is -50.9. The molecule has 5 fully saturated rings. The molecule has 5 saturated heterocycles. The summed E-state index contributed by atoms with van der Waals surface area (Å²) in [5.74, 6) is -4.76. The SMILES string of the molecule is CCCCO[C@@H]1[C@@H](OS(=O)(=O)O)[C@H](O[C@H]2[C@H](OS(=O)(=O)O)[C@@H](OS(=O)(=O)O)[C@@H](O)O[C@@H]2COS(=O)(=O)O)O[C@@H](C(=O)O)[C@H]1O[C@@H]1O[C@H](COS(=O)(=O)O)[C@@H](O[C@@H]2O[C@H](C(=O)O)[C@@H](O[C@@H]3O[C@H](COS(=O)(=O)O)[C@@H](OC)[C@H](OC)[C@H]3OS(=O)(=O)O)[C@H](OC)[C@H]2OC)[C@H](OS(=O)(=O)O)[C@H]1OS(=O)(=O)O. The predicted octanol–water partition coefficient (Wildman–Crippen LogP) is -8.86. The molecule has 5 aliphatic rings. The molecular weight excluding hydrogens is 1620 g/mol. The van der Waals surface area contributed by atoms with E-state index >= 15 is 0 Å². The van der Waals surface area contributed by atoms with E-state index in [1.54, 1.807) is 0 Å². The molecule has 0 saturated carbocycles. The number of carbonyl (C=O) groups is 2. The van der Waals surface area contributed by atoms with Crippen LogP contribution in [0.1, 0.15) is 19.8 Å². The number of unbranched alkanes of at least 4 members (excludes halogenated alkanes) is 1. The van der Waals surface area contributed by atoms with Crippen molar-refractivity contribution in [3.63, 3.8) is 0 Å². The van der Waals surface area contributed by atoms with E-state index in [1.165, 1.54) is 6.92 Å². The van der Waals surface area contributed by atoms with Crippen LogP contribution in [0.25, 0.3) is 0 Å². The zero-order valence-electron chi connectivity index (χ0n) is 51.3. The molecule has 0 amide bonds. The number of aliphatic carboxylic acids is 2. The van der Waals surface area contributed by atoms with Gasteiger partial charge in [-0.3, -0.25) is 41.0 Å². The standard InChI is InChI=1S/C38H64O55S9/c1-6-7-8-75-20-22(26(33(41)42)87-38(30(20)92-101(65,66)67)83-16-13(10-77-95(47,48)49)79-34(43)27(90-99(59,60)61)23(16)88-97(53,54)55)85-37-31(93-102(68,69)70)24(89-98(56,57)58)17(14(81-37)11-78-96(50,51)52)82-35-28(74-5)19(73-4)21(25(86-35)32(39)40)84-36-29(91-100(62,63)64)18(72-3)15(71-2)12(80-36)9-76-94(44,45)46/h12-31,34-38,43H,6-11H2,1-5H3,(H,39,40)(H,41,42)(H,44,45,46)(H,47,48,49)(H,50,51,52)(H,53,54,55)(H,56,57,58)(H,59,60,61)(H,62,63,64)(H,65,66,67)(H,68,69,70)/t12-,13-,14-,15-,16-,17-,18+,19+,20+,21+,22+,23+,24+,25+,26-,27-,28-,29-,30-,31-,34+,35-,36+,37+,38-/m1/s1. The Kier molecular flexibility index (Phi) is 31.4. The number of aliphatic hydroxyl groups is 1. The molecule has 600 valence electrons. The average molecular weight is 1690 g/mol. The van der Waals surface area contributed by atoms with Crippen molar-refractivity contribution >= 4 is 106 Å². The van der Waals surface area contributed by atoms with Gasteiger partial charge in [-0.2, -0.15) is 75.8 Å². The first-order chi connectivity index (χ1) is 46.5. The molecule has 5 rings (SSSR count). The first-order valence-electron chi connectivity index (χ1n) is 27.1. The van der Waals surface area contributed by atoms with E-state index in [4.69, 9.17) is 78.9 Å². The molecule has 0 aromatic rings. The van der Waals surface area contributed by atoms with Crippen molar-refractivity contribution in [3.05, 3.63) is 0 Å². The molecule has 0 spiro atoms. The number of ether oxygens (including phenoxy) is 14. The maximum atomic E-state index is 13.5. The fourth-order valence-corrected chi connectivity index (χ4v) is 14.2. The predicted molar refractivity (Wildman–Crippen MR) is 299 cm³/mol. The highest BCUT2D eigenvalue weighted by Gasteiger charge is 2.63. The molecule has 25 atom stereocenters. The number of rotatable bonds is 39. The fourth-order valence-electron chi connectivity index (χ4n) is 10.3. The highest BCUT2D eigenvalue weighted by atomic mass is 32.3. The molecule has 0 unspecified atom stereocenters. The van der Waals surface area contributed by atoms with E-state index in [2.05, 4.69) is 25.1 Å². The van der Waals surface area contributed by atoms with Gasteiger partial charge in [-0.15, -0.1) is 0 Å². The summed E-state index contributed by atoms with van der Waals surface area (Å²) in [6.07, 6.45) is -70.2. The number of methoxy groups -OCH3 is 4. The van der Waals surface area contributed by atoms with Gasteiger partial charge >= 0.3 is 106 Å². The molecule has 0 bridgehead atoms. The Morgan fingerprint density at radius 3 is 0.941 bits per heavy atom. The van der Waals surface area contributed by atoms with Crippen molar-refractivity contribution in [1.29, 1.82) is 0 Å². The monoisotopic (exact) mass is 1690 g/mol. The van der Waals surface area contributed by atoms with E-state index < -0.39 is 285 Å². The van der Waals surface area contributed by atoms with Crippen LogP contribution in [0.15, 0.2) is 0 Å². The molecule has 0 aromatic carbocycles. The van der Waals surface area contributed by atoms with Gasteiger partial charge in [-0.1, -0.05) is 13.3 Å². The minimum Gasteiger partial charge on any atom is -0.479 e. The number of carboxylic acids is 2. The summed E-state index contributed by atoms with van der Waals surface area (Å²) in [5, 5.41) is 32.3. The number of carboxylic acid groups (broad SMARTS) is 2. The second kappa shape index (κ2) is 35.7. The van der Waals surface area contributed by atoms with Crippen LogP contribution < -0.4 is 0 Å². The van der Waals surface area contributed by atoms with Crippen molar-refractivity contribution in [2.24, 2.45) is 0 Å². The van der Waals surface area contributed by atoms with Crippen LogP contribution in [0, 0.1) is 0 Å². The van der Waals surface area contributed by atoms with Crippen LogP contribution in [0.2, 0.25) is 0 Å². The Morgan fingerprint density at radius 2 is 0.598 bits per heavy atom. The summed E-state index contributed by atoms with van der Waals surface area (Å²) in [6.45, 7) is -4.53. The van der Waals surface area contributed by atoms with Crippen LogP contribution in [-0.4, -0.2) is 352 Å². The lowest BCUT2D eigenvalue weighted by atomic mass is 9.95. The van der Waals surface area contributed by atoms with Crippen molar-refractivity contribution in [2.75, 3.05) is 54.9 Å². The summed E-state index contributed by atoms with van der Waals surface area (Å²) in [4.78, 5) is 26.8. The Morgan fingerprint density at radius 1 is 0.324 bits per heavy atom. The lowest BCUT2D eigenvalue weighted by Gasteiger charge is -2.51. The van der Waals surface area contributed by atoms with Crippen LogP contribution in [-0.2, 0) is 207 Å². The summed E-state index contributed by atoms with van der Waals surface area (Å²) in [6, 6.07) is 0. The van der Waals surface area contributed by atoms with Crippen LogP contribution in [0.5, 0.6) is 0 Å². The summed E-state index contributed by atoms with van der Waals surface area (Å²) < 4.78 is 428. The third-order valence-corrected chi connectivity index (χ3v) is 18.0. The van der Waals surface area contributed by atoms with Gasteiger partial charge in [-0.05, 0) is 6.42 Å². The largest absolute Gasteiger partial charge is 0.479 e. The van der Waals surface area contributed by atoms with Gasteiger partial charge in [-0.25, -0.2) is 47.2 Å². The van der Waals surface area contributed by atoms with Gasteiger partial charge in [0, 0.05) is 35.0 Å². The Labute approximate surface area is 576 Å². The number of hydrogen-bond donors (Lipinski definition) is 12. The maximum Gasteiger partial charge on any atom is 0.397 e. The van der Waals surface area contributed by atoms with Gasteiger partial charge in [0.15, 0.2) is 68.1 Å². The van der Waals surface area contributed by atoms with Crippen molar-refractivity contribution in [2.45, 2.75) is 173 Å². The normalized spacial score (nSPS) is 35.9. The van der Waals surface area contributed by atoms with Gasteiger partial charge < -0.3 is 81.6 Å². The minimum atomic E-state index is -6.40. The van der Waals surface area contributed by atoms with E-state index in [9.17, 15) is 142 Å². The fraction of sp³-hybridized carbons (Fsp3) is 0.947. The average Bonchev–Trinajstić information content (AvgIpc) is 0.757. The number of aliphatic hydroxyl groups excluding tert-OH is 1. The van der Waals surface area contributed by atoms with Crippen molar-refractivity contribution in [3.8, 4) is 0 Å².